The molecule has 0 unspecified atom stereocenters. The average Bonchev–Trinajstić information content (AvgIpc) is 3.23. The Labute approximate surface area is 155 Å². The molecule has 0 N–H and O–H groups in total. The number of aromatic nitrogens is 4. The molecule has 0 bridgehead atoms. The number of hydrogen-bond acceptors (Lipinski definition) is 4. The standard InChI is InChI=1S/C20H29N5O/c1-14(2)25-13-16(9-23-25)18-11-21-17(10-22-18)8-15-6-7-24(12-15)19(26)20(3,4)5/h9-11,13-15H,6-8,12H2,1-5H3/t15-/m1/s1. The summed E-state index contributed by atoms with van der Waals surface area (Å²) in [6.45, 7) is 11.8. The summed E-state index contributed by atoms with van der Waals surface area (Å²) in [4.78, 5) is 23.5. The molecule has 0 saturated carbocycles. The van der Waals surface area contributed by atoms with Gasteiger partial charge in [0.1, 0.15) is 0 Å². The number of carbonyl (C=O) groups excluding carboxylic acids is 1. The van der Waals surface area contributed by atoms with E-state index >= 15 is 0 Å². The first-order chi connectivity index (χ1) is 12.2. The maximum Gasteiger partial charge on any atom is 0.227 e. The Kier molecular flexibility index (Phi) is 5.12. The highest BCUT2D eigenvalue weighted by Gasteiger charge is 2.32. The SMILES string of the molecule is CC(C)n1cc(-c2cnc(C[C@H]3CCN(C(=O)C(C)(C)C)C3)cn2)cn1. The normalized spacial score (nSPS) is 17.9. The maximum absolute atomic E-state index is 12.4. The highest BCUT2D eigenvalue weighted by atomic mass is 16.2. The third kappa shape index (κ3) is 4.11. The van der Waals surface area contributed by atoms with Crippen LogP contribution in [0.15, 0.2) is 24.8 Å². The molecule has 1 atom stereocenters. The molecular weight excluding hydrogens is 326 g/mol. The molecule has 2 aromatic heterocycles. The van der Waals surface area contributed by atoms with Crippen LogP contribution in [0.2, 0.25) is 0 Å². The van der Waals surface area contributed by atoms with Crippen molar-refractivity contribution < 1.29 is 4.79 Å². The van der Waals surface area contributed by atoms with E-state index < -0.39 is 0 Å². The van der Waals surface area contributed by atoms with Crippen molar-refractivity contribution in [2.75, 3.05) is 13.1 Å². The van der Waals surface area contributed by atoms with Gasteiger partial charge in [-0.25, -0.2) is 0 Å². The average molecular weight is 355 g/mol. The molecule has 3 rings (SSSR count). The monoisotopic (exact) mass is 355 g/mol. The zero-order valence-corrected chi connectivity index (χ0v) is 16.4. The van der Waals surface area contributed by atoms with Gasteiger partial charge in [-0.3, -0.25) is 19.4 Å². The van der Waals surface area contributed by atoms with Crippen molar-refractivity contribution in [3.05, 3.63) is 30.5 Å². The predicted octanol–water partition coefficient (Wildman–Crippen LogP) is 3.36. The smallest absolute Gasteiger partial charge is 0.227 e. The summed E-state index contributed by atoms with van der Waals surface area (Å²) >= 11 is 0. The van der Waals surface area contributed by atoms with Gasteiger partial charge in [0, 0.05) is 42.5 Å². The molecule has 1 fully saturated rings. The Hall–Kier alpha value is -2.24. The van der Waals surface area contributed by atoms with Crippen LogP contribution in [0.5, 0.6) is 0 Å². The van der Waals surface area contributed by atoms with Crippen LogP contribution in [0.4, 0.5) is 0 Å². The van der Waals surface area contributed by atoms with Crippen molar-refractivity contribution >= 4 is 5.91 Å². The Balaban J connectivity index is 1.60. The molecule has 0 spiro atoms. The minimum atomic E-state index is -0.309. The Bertz CT molecular complexity index is 757. The van der Waals surface area contributed by atoms with Crippen molar-refractivity contribution in [1.82, 2.24) is 24.6 Å². The lowest BCUT2D eigenvalue weighted by Crippen LogP contribution is -2.38. The molecule has 1 amide bonds. The second-order valence-electron chi connectivity index (χ2n) is 8.56. The van der Waals surface area contributed by atoms with E-state index in [0.717, 1.165) is 42.9 Å². The van der Waals surface area contributed by atoms with Gasteiger partial charge >= 0.3 is 0 Å². The van der Waals surface area contributed by atoms with Crippen molar-refractivity contribution in [2.45, 2.75) is 53.5 Å². The Morgan fingerprint density at radius 3 is 2.58 bits per heavy atom. The van der Waals surface area contributed by atoms with Gasteiger partial charge in [-0.1, -0.05) is 20.8 Å². The summed E-state index contributed by atoms with van der Waals surface area (Å²) in [6.07, 6.45) is 9.41. The lowest BCUT2D eigenvalue weighted by atomic mass is 9.95. The van der Waals surface area contributed by atoms with Gasteiger partial charge in [-0.05, 0) is 32.6 Å². The minimum Gasteiger partial charge on any atom is -0.342 e. The first-order valence-corrected chi connectivity index (χ1v) is 9.39. The summed E-state index contributed by atoms with van der Waals surface area (Å²) in [5, 5.41) is 4.35. The zero-order chi connectivity index (χ0) is 18.9. The van der Waals surface area contributed by atoms with Crippen LogP contribution in [0.1, 0.15) is 52.8 Å². The van der Waals surface area contributed by atoms with Crippen LogP contribution in [0.3, 0.4) is 0 Å². The van der Waals surface area contributed by atoms with Crippen LogP contribution >= 0.6 is 0 Å². The quantitative estimate of drug-likeness (QED) is 0.843. The van der Waals surface area contributed by atoms with Crippen molar-refractivity contribution in [1.29, 1.82) is 0 Å². The number of amides is 1. The van der Waals surface area contributed by atoms with Crippen molar-refractivity contribution in [3.63, 3.8) is 0 Å². The second-order valence-corrected chi connectivity index (χ2v) is 8.56. The molecule has 3 heterocycles. The third-order valence-electron chi connectivity index (χ3n) is 4.84. The molecule has 6 heteroatoms. The van der Waals surface area contributed by atoms with Gasteiger partial charge < -0.3 is 4.90 Å². The summed E-state index contributed by atoms with van der Waals surface area (Å²) in [5.74, 6) is 0.703. The molecular formula is C20H29N5O. The number of rotatable bonds is 4. The van der Waals surface area contributed by atoms with E-state index in [0.29, 0.717) is 12.0 Å². The third-order valence-corrected chi connectivity index (χ3v) is 4.84. The first kappa shape index (κ1) is 18.5. The molecule has 0 radical (unpaired) electrons. The summed E-state index contributed by atoms with van der Waals surface area (Å²) in [5.41, 5.74) is 2.51. The van der Waals surface area contributed by atoms with E-state index in [1.807, 2.05) is 55.1 Å². The van der Waals surface area contributed by atoms with Crippen LogP contribution in [0.25, 0.3) is 11.3 Å². The molecule has 140 valence electrons. The number of likely N-dealkylation sites (tertiary alicyclic amines) is 1. The van der Waals surface area contributed by atoms with Gasteiger partial charge in [0.15, 0.2) is 0 Å². The largest absolute Gasteiger partial charge is 0.342 e. The zero-order valence-electron chi connectivity index (χ0n) is 16.4. The summed E-state index contributed by atoms with van der Waals surface area (Å²) in [6, 6.07) is 0.331. The lowest BCUT2D eigenvalue weighted by molar-refractivity contribution is -0.138. The molecule has 1 aliphatic heterocycles. The highest BCUT2D eigenvalue weighted by molar-refractivity contribution is 5.81. The van der Waals surface area contributed by atoms with Gasteiger partial charge in [0.25, 0.3) is 0 Å². The molecule has 1 aliphatic rings. The van der Waals surface area contributed by atoms with Crippen molar-refractivity contribution in [2.24, 2.45) is 11.3 Å². The van der Waals surface area contributed by atoms with Crippen LogP contribution in [-0.2, 0) is 11.2 Å². The molecule has 0 aliphatic carbocycles. The van der Waals surface area contributed by atoms with Crippen LogP contribution in [-0.4, -0.2) is 43.6 Å². The van der Waals surface area contributed by atoms with Crippen LogP contribution in [0, 0.1) is 11.3 Å². The lowest BCUT2D eigenvalue weighted by Gasteiger charge is -2.25. The highest BCUT2D eigenvalue weighted by Crippen LogP contribution is 2.26. The van der Waals surface area contributed by atoms with Crippen LogP contribution < -0.4 is 0 Å². The van der Waals surface area contributed by atoms with Crippen molar-refractivity contribution in [3.8, 4) is 11.3 Å². The van der Waals surface area contributed by atoms with Gasteiger partial charge in [-0.2, -0.15) is 5.10 Å². The molecule has 0 aromatic carbocycles. The van der Waals surface area contributed by atoms with Gasteiger partial charge in [-0.15, -0.1) is 0 Å². The number of nitrogens with zero attached hydrogens (tertiary/aromatic N) is 5. The fourth-order valence-electron chi connectivity index (χ4n) is 3.32. The molecule has 6 nitrogen and oxygen atoms in total. The van der Waals surface area contributed by atoms with E-state index in [9.17, 15) is 4.79 Å². The Morgan fingerprint density at radius 2 is 2.00 bits per heavy atom. The fourth-order valence-corrected chi connectivity index (χ4v) is 3.32. The minimum absolute atomic E-state index is 0.239. The van der Waals surface area contributed by atoms with E-state index in [1.165, 1.54) is 0 Å². The first-order valence-electron chi connectivity index (χ1n) is 9.39. The van der Waals surface area contributed by atoms with Gasteiger partial charge in [0.2, 0.25) is 5.91 Å². The number of carbonyl (C=O) groups is 1. The number of hydrogen-bond donors (Lipinski definition) is 0. The summed E-state index contributed by atoms with van der Waals surface area (Å²) in [7, 11) is 0. The Morgan fingerprint density at radius 1 is 1.23 bits per heavy atom. The molecule has 2 aromatic rings. The molecule has 26 heavy (non-hydrogen) atoms. The summed E-state index contributed by atoms with van der Waals surface area (Å²) < 4.78 is 1.92. The van der Waals surface area contributed by atoms with E-state index in [4.69, 9.17) is 0 Å². The van der Waals surface area contributed by atoms with Gasteiger partial charge in [0.05, 0.1) is 23.8 Å². The van der Waals surface area contributed by atoms with E-state index in [2.05, 4.69) is 28.9 Å². The second kappa shape index (κ2) is 7.17. The predicted molar refractivity (Wildman–Crippen MR) is 101 cm³/mol. The fraction of sp³-hybridized carbons (Fsp3) is 0.600. The molecule has 1 saturated heterocycles. The van der Waals surface area contributed by atoms with E-state index in [-0.39, 0.29) is 11.3 Å². The van der Waals surface area contributed by atoms with E-state index in [1.54, 1.807) is 0 Å². The topological polar surface area (TPSA) is 63.9 Å². The maximum atomic E-state index is 12.4.